The summed E-state index contributed by atoms with van der Waals surface area (Å²) in [7, 11) is -0.911. The summed E-state index contributed by atoms with van der Waals surface area (Å²) in [6.45, 7) is 0.0346. The van der Waals surface area contributed by atoms with E-state index in [0.717, 1.165) is 8.61 Å². The van der Waals surface area contributed by atoms with E-state index in [0.29, 0.717) is 5.76 Å². The van der Waals surface area contributed by atoms with Gasteiger partial charge in [0.25, 0.3) is 10.2 Å². The van der Waals surface area contributed by atoms with Crippen LogP contribution in [0.25, 0.3) is 0 Å². The third-order valence-electron chi connectivity index (χ3n) is 2.39. The third-order valence-corrected chi connectivity index (χ3v) is 4.27. The molecular weight excluding hydrogens is 260 g/mol. The molecule has 0 aliphatic rings. The molecule has 18 heavy (non-hydrogen) atoms. The molecule has 8 heteroatoms. The van der Waals surface area contributed by atoms with Gasteiger partial charge in [0.1, 0.15) is 5.76 Å². The molecule has 0 radical (unpaired) electrons. The molecule has 1 rings (SSSR count). The lowest BCUT2D eigenvalue weighted by Crippen LogP contribution is -2.40. The highest BCUT2D eigenvalue weighted by Crippen LogP contribution is 2.10. The van der Waals surface area contributed by atoms with Gasteiger partial charge in [0.05, 0.1) is 19.2 Å². The molecule has 0 aliphatic carbocycles. The second-order valence-electron chi connectivity index (χ2n) is 3.81. The average molecular weight is 276 g/mol. The van der Waals surface area contributed by atoms with Crippen LogP contribution in [0.3, 0.4) is 0 Å². The maximum atomic E-state index is 12.0. The molecule has 0 aliphatic heterocycles. The zero-order valence-corrected chi connectivity index (χ0v) is 11.1. The molecule has 1 heterocycles. The van der Waals surface area contributed by atoms with Crippen LogP contribution in [-0.4, -0.2) is 48.7 Å². The van der Waals surface area contributed by atoms with Gasteiger partial charge < -0.3 is 9.52 Å². The van der Waals surface area contributed by atoms with Crippen molar-refractivity contribution in [1.29, 1.82) is 0 Å². The van der Waals surface area contributed by atoms with Crippen LogP contribution in [0.4, 0.5) is 0 Å². The third kappa shape index (κ3) is 3.83. The van der Waals surface area contributed by atoms with Crippen molar-refractivity contribution in [3.63, 3.8) is 0 Å². The smallest absolute Gasteiger partial charge is 0.304 e. The Labute approximate surface area is 106 Å². The fourth-order valence-electron chi connectivity index (χ4n) is 1.31. The first-order valence-electron chi connectivity index (χ1n) is 5.26. The Morgan fingerprint density at radius 1 is 1.39 bits per heavy atom. The summed E-state index contributed by atoms with van der Waals surface area (Å²) in [6.07, 6.45) is 1.23. The molecule has 1 aromatic rings. The zero-order chi connectivity index (χ0) is 13.8. The van der Waals surface area contributed by atoms with Crippen LogP contribution >= 0.6 is 0 Å². The number of furan rings is 1. The lowest BCUT2D eigenvalue weighted by atomic mass is 10.4. The van der Waals surface area contributed by atoms with Gasteiger partial charge in [0.15, 0.2) is 0 Å². The molecule has 0 fully saturated rings. The van der Waals surface area contributed by atoms with E-state index in [-0.39, 0.29) is 19.5 Å². The van der Waals surface area contributed by atoms with Gasteiger partial charge in [-0.2, -0.15) is 17.0 Å². The highest BCUT2D eigenvalue weighted by Gasteiger charge is 2.24. The van der Waals surface area contributed by atoms with Crippen LogP contribution < -0.4 is 0 Å². The average Bonchev–Trinajstić information content (AvgIpc) is 2.78. The van der Waals surface area contributed by atoms with Crippen molar-refractivity contribution in [2.24, 2.45) is 0 Å². The highest BCUT2D eigenvalue weighted by atomic mass is 32.2. The molecule has 1 aromatic heterocycles. The molecule has 102 valence electrons. The number of carbonyl (C=O) groups is 1. The molecule has 0 spiro atoms. The van der Waals surface area contributed by atoms with Crippen LogP contribution in [-0.2, 0) is 21.5 Å². The van der Waals surface area contributed by atoms with E-state index >= 15 is 0 Å². The van der Waals surface area contributed by atoms with E-state index in [2.05, 4.69) is 0 Å². The summed E-state index contributed by atoms with van der Waals surface area (Å²) in [4.78, 5) is 10.4. The van der Waals surface area contributed by atoms with Crippen molar-refractivity contribution in [1.82, 2.24) is 8.61 Å². The van der Waals surface area contributed by atoms with E-state index in [1.54, 1.807) is 12.1 Å². The number of carboxylic acid groups (broad SMARTS) is 1. The largest absolute Gasteiger partial charge is 0.481 e. The summed E-state index contributed by atoms with van der Waals surface area (Å²) < 4.78 is 31.1. The van der Waals surface area contributed by atoms with Gasteiger partial charge in [-0.1, -0.05) is 0 Å². The highest BCUT2D eigenvalue weighted by molar-refractivity contribution is 7.86. The maximum absolute atomic E-state index is 12.0. The minimum absolute atomic E-state index is 0.0693. The summed E-state index contributed by atoms with van der Waals surface area (Å²) in [6, 6.07) is 3.34. The number of aliphatic carboxylic acids is 1. The van der Waals surface area contributed by atoms with Crippen molar-refractivity contribution in [3.05, 3.63) is 24.2 Å². The first-order valence-corrected chi connectivity index (χ1v) is 6.65. The number of hydrogen-bond donors (Lipinski definition) is 1. The van der Waals surface area contributed by atoms with Crippen molar-refractivity contribution in [3.8, 4) is 0 Å². The van der Waals surface area contributed by atoms with Gasteiger partial charge >= 0.3 is 5.97 Å². The predicted octanol–water partition coefficient (Wildman–Crippen LogP) is 0.363. The Bertz CT molecular complexity index is 482. The molecule has 1 N–H and O–H groups in total. The van der Waals surface area contributed by atoms with Crippen molar-refractivity contribution in [2.75, 3.05) is 20.6 Å². The molecule has 0 aromatic carbocycles. The van der Waals surface area contributed by atoms with Crippen LogP contribution in [0, 0.1) is 0 Å². The number of hydrogen-bond acceptors (Lipinski definition) is 4. The molecular formula is C10H16N2O5S. The van der Waals surface area contributed by atoms with Crippen molar-refractivity contribution >= 4 is 16.2 Å². The van der Waals surface area contributed by atoms with E-state index in [1.807, 2.05) is 0 Å². The van der Waals surface area contributed by atoms with Gasteiger partial charge in [-0.3, -0.25) is 4.79 Å². The standard InChI is InChI=1S/C10H16N2O5S/c1-11(6-5-10(13)14)18(15,16)12(2)8-9-4-3-7-17-9/h3-4,7H,5-6,8H2,1-2H3,(H,13,14). The molecule has 0 atom stereocenters. The summed E-state index contributed by atoms with van der Waals surface area (Å²) >= 11 is 0. The SMILES string of the molecule is CN(CCC(=O)O)S(=O)(=O)N(C)Cc1ccco1. The molecule has 7 nitrogen and oxygen atoms in total. The van der Waals surface area contributed by atoms with Crippen molar-refractivity contribution < 1.29 is 22.7 Å². The Morgan fingerprint density at radius 2 is 2.06 bits per heavy atom. The van der Waals surface area contributed by atoms with Gasteiger partial charge in [-0.15, -0.1) is 0 Å². The summed E-state index contributed by atoms with van der Waals surface area (Å²) in [5.74, 6) is -0.515. The normalized spacial score (nSPS) is 12.2. The summed E-state index contributed by atoms with van der Waals surface area (Å²) in [5, 5.41) is 8.52. The topological polar surface area (TPSA) is 91.1 Å². The lowest BCUT2D eigenvalue weighted by molar-refractivity contribution is -0.137. The Morgan fingerprint density at radius 3 is 2.56 bits per heavy atom. The van der Waals surface area contributed by atoms with Crippen LogP contribution in [0.5, 0.6) is 0 Å². The number of rotatable bonds is 7. The fraction of sp³-hybridized carbons (Fsp3) is 0.500. The monoisotopic (exact) mass is 276 g/mol. The minimum atomic E-state index is -3.67. The quantitative estimate of drug-likeness (QED) is 0.776. The van der Waals surface area contributed by atoms with E-state index in [4.69, 9.17) is 9.52 Å². The lowest BCUT2D eigenvalue weighted by Gasteiger charge is -2.23. The summed E-state index contributed by atoms with van der Waals surface area (Å²) in [5.41, 5.74) is 0. The van der Waals surface area contributed by atoms with Gasteiger partial charge in [0, 0.05) is 20.6 Å². The minimum Gasteiger partial charge on any atom is -0.481 e. The fourth-order valence-corrected chi connectivity index (χ4v) is 2.40. The van der Waals surface area contributed by atoms with Gasteiger partial charge in [0.2, 0.25) is 0 Å². The molecule has 0 saturated heterocycles. The molecule has 0 unspecified atom stereocenters. The first-order chi connectivity index (χ1) is 8.34. The predicted molar refractivity (Wildman–Crippen MR) is 64.0 cm³/mol. The second kappa shape index (κ2) is 5.98. The van der Waals surface area contributed by atoms with Gasteiger partial charge in [-0.05, 0) is 12.1 Å². The van der Waals surface area contributed by atoms with E-state index in [1.165, 1.54) is 20.4 Å². The van der Waals surface area contributed by atoms with Crippen molar-refractivity contribution in [2.45, 2.75) is 13.0 Å². The molecule has 0 saturated carbocycles. The van der Waals surface area contributed by atoms with Gasteiger partial charge in [-0.25, -0.2) is 0 Å². The Hall–Kier alpha value is -1.38. The Balaban J connectivity index is 2.64. The number of nitrogens with zero attached hydrogens (tertiary/aromatic N) is 2. The van der Waals surface area contributed by atoms with Crippen LogP contribution in [0.1, 0.15) is 12.2 Å². The van der Waals surface area contributed by atoms with Crippen LogP contribution in [0.15, 0.2) is 22.8 Å². The van der Waals surface area contributed by atoms with Crippen LogP contribution in [0.2, 0.25) is 0 Å². The first kappa shape index (κ1) is 14.7. The zero-order valence-electron chi connectivity index (χ0n) is 10.2. The maximum Gasteiger partial charge on any atom is 0.304 e. The molecule has 0 amide bonds. The Kier molecular flexibility index (Phi) is 4.88. The van der Waals surface area contributed by atoms with E-state index in [9.17, 15) is 13.2 Å². The molecule has 0 bridgehead atoms. The van der Waals surface area contributed by atoms with E-state index < -0.39 is 16.2 Å². The second-order valence-corrected chi connectivity index (χ2v) is 5.95. The number of carboxylic acids is 1.